The second-order valence-electron chi connectivity index (χ2n) is 5.97. The Morgan fingerprint density at radius 3 is 2.42 bits per heavy atom. The van der Waals surface area contributed by atoms with E-state index < -0.39 is 22.7 Å². The van der Waals surface area contributed by atoms with Crippen LogP contribution in [-0.2, 0) is 6.18 Å². The highest BCUT2D eigenvalue weighted by molar-refractivity contribution is 6.31. The van der Waals surface area contributed by atoms with Crippen molar-refractivity contribution in [3.63, 3.8) is 0 Å². The summed E-state index contributed by atoms with van der Waals surface area (Å²) in [5, 5.41) is 9.89. The van der Waals surface area contributed by atoms with Crippen LogP contribution in [0.2, 0.25) is 5.02 Å². The first kappa shape index (κ1) is 18.4. The summed E-state index contributed by atoms with van der Waals surface area (Å²) in [7, 11) is 0. The van der Waals surface area contributed by atoms with Crippen LogP contribution in [0.4, 0.5) is 24.7 Å². The molecule has 1 aromatic heterocycles. The van der Waals surface area contributed by atoms with E-state index in [4.69, 9.17) is 11.6 Å². The van der Waals surface area contributed by atoms with Crippen LogP contribution in [0.1, 0.15) is 35.3 Å². The molecule has 26 heavy (non-hydrogen) atoms. The van der Waals surface area contributed by atoms with Crippen LogP contribution in [-0.4, -0.2) is 29.2 Å². The number of nitrogens with one attached hydrogen (secondary N) is 1. The van der Waals surface area contributed by atoms with Gasteiger partial charge in [0.1, 0.15) is 0 Å². The van der Waals surface area contributed by atoms with Crippen molar-refractivity contribution >= 4 is 29.0 Å². The molecule has 0 aliphatic carbocycles. The Labute approximate surface area is 153 Å². The first-order valence-electron chi connectivity index (χ1n) is 8.11. The number of carbonyl (C=O) groups excluding carboxylic acids is 1. The maximum atomic E-state index is 12.9. The minimum absolute atomic E-state index is 0.0198. The molecule has 5 nitrogen and oxygen atoms in total. The van der Waals surface area contributed by atoms with Gasteiger partial charge >= 0.3 is 6.18 Å². The van der Waals surface area contributed by atoms with E-state index in [0.717, 1.165) is 38.1 Å². The van der Waals surface area contributed by atoms with Gasteiger partial charge in [-0.1, -0.05) is 11.6 Å². The van der Waals surface area contributed by atoms with Crippen molar-refractivity contribution in [1.82, 2.24) is 10.2 Å². The molecule has 0 saturated carbocycles. The zero-order chi connectivity index (χ0) is 18.7. The Morgan fingerprint density at radius 1 is 1.08 bits per heavy atom. The molecule has 2 aromatic rings. The second-order valence-corrected chi connectivity index (χ2v) is 6.38. The number of piperidine rings is 1. The van der Waals surface area contributed by atoms with Gasteiger partial charge in [0.15, 0.2) is 11.5 Å². The Hall–Kier alpha value is -2.35. The normalized spacial score (nSPS) is 15.0. The number of alkyl halides is 3. The molecule has 9 heteroatoms. The van der Waals surface area contributed by atoms with Crippen molar-refractivity contribution in [3.8, 4) is 0 Å². The van der Waals surface area contributed by atoms with Gasteiger partial charge in [0.05, 0.1) is 10.6 Å². The van der Waals surface area contributed by atoms with Crippen LogP contribution in [0.5, 0.6) is 0 Å². The average molecular weight is 385 g/mol. The molecule has 1 aliphatic heterocycles. The van der Waals surface area contributed by atoms with Gasteiger partial charge in [-0.2, -0.15) is 13.2 Å². The highest BCUT2D eigenvalue weighted by Crippen LogP contribution is 2.36. The fraction of sp³-hybridized carbons (Fsp3) is 0.353. The Balaban J connectivity index is 1.72. The van der Waals surface area contributed by atoms with Gasteiger partial charge in [-0.25, -0.2) is 0 Å². The van der Waals surface area contributed by atoms with Crippen LogP contribution in [0.15, 0.2) is 30.3 Å². The van der Waals surface area contributed by atoms with Crippen LogP contribution in [0.3, 0.4) is 0 Å². The summed E-state index contributed by atoms with van der Waals surface area (Å²) >= 11 is 5.57. The minimum atomic E-state index is -4.60. The lowest BCUT2D eigenvalue weighted by molar-refractivity contribution is -0.137. The lowest BCUT2D eigenvalue weighted by Gasteiger charge is -2.27. The number of anilines is 2. The number of hydrogen-bond acceptors (Lipinski definition) is 4. The first-order valence-corrected chi connectivity index (χ1v) is 8.49. The number of benzene rings is 1. The van der Waals surface area contributed by atoms with E-state index in [1.165, 1.54) is 18.6 Å². The summed E-state index contributed by atoms with van der Waals surface area (Å²) in [6.07, 6.45) is -1.25. The number of halogens is 4. The van der Waals surface area contributed by atoms with E-state index in [9.17, 15) is 18.0 Å². The maximum Gasteiger partial charge on any atom is 0.417 e. The van der Waals surface area contributed by atoms with Crippen LogP contribution < -0.4 is 10.2 Å². The van der Waals surface area contributed by atoms with E-state index in [-0.39, 0.29) is 11.4 Å². The van der Waals surface area contributed by atoms with Crippen LogP contribution >= 0.6 is 11.6 Å². The molecule has 1 saturated heterocycles. The third-order valence-corrected chi connectivity index (χ3v) is 4.42. The third kappa shape index (κ3) is 4.24. The van der Waals surface area contributed by atoms with Gasteiger partial charge in [0.25, 0.3) is 5.91 Å². The standard InChI is InChI=1S/C17H16ClF3N4O/c18-13-5-4-11(10-12(13)17(19,20)21)22-16(26)14-6-7-15(24-23-14)25-8-2-1-3-9-25/h4-7,10H,1-3,8-9H2,(H,22,26). The van der Waals surface area contributed by atoms with Gasteiger partial charge in [-0.05, 0) is 49.6 Å². The number of nitrogens with zero attached hydrogens (tertiary/aromatic N) is 3. The molecule has 2 heterocycles. The third-order valence-electron chi connectivity index (χ3n) is 4.09. The van der Waals surface area contributed by atoms with Gasteiger partial charge in [-0.3, -0.25) is 4.79 Å². The molecule has 0 atom stereocenters. The lowest BCUT2D eigenvalue weighted by Crippen LogP contribution is -2.30. The van der Waals surface area contributed by atoms with Crippen molar-refractivity contribution in [2.75, 3.05) is 23.3 Å². The summed E-state index contributed by atoms with van der Waals surface area (Å²) < 4.78 is 38.7. The number of carbonyl (C=O) groups is 1. The second kappa shape index (κ2) is 7.49. The van der Waals surface area contributed by atoms with Crippen molar-refractivity contribution in [2.45, 2.75) is 25.4 Å². The predicted molar refractivity (Wildman–Crippen MR) is 92.5 cm³/mol. The molecule has 1 aliphatic rings. The van der Waals surface area contributed by atoms with Crippen molar-refractivity contribution in [1.29, 1.82) is 0 Å². The Morgan fingerprint density at radius 2 is 1.81 bits per heavy atom. The summed E-state index contributed by atoms with van der Waals surface area (Å²) in [4.78, 5) is 14.3. The minimum Gasteiger partial charge on any atom is -0.355 e. The van der Waals surface area contributed by atoms with E-state index in [2.05, 4.69) is 20.4 Å². The number of amides is 1. The topological polar surface area (TPSA) is 58.1 Å². The molecular formula is C17H16ClF3N4O. The van der Waals surface area contributed by atoms with Crippen molar-refractivity contribution < 1.29 is 18.0 Å². The first-order chi connectivity index (χ1) is 12.3. The highest BCUT2D eigenvalue weighted by Gasteiger charge is 2.33. The van der Waals surface area contributed by atoms with Gasteiger partial charge in [0.2, 0.25) is 0 Å². The van der Waals surface area contributed by atoms with Gasteiger partial charge in [0, 0.05) is 18.8 Å². The Bertz CT molecular complexity index is 790. The van der Waals surface area contributed by atoms with Gasteiger partial charge in [-0.15, -0.1) is 10.2 Å². The predicted octanol–water partition coefficient (Wildman–Crippen LogP) is 4.39. The SMILES string of the molecule is O=C(Nc1ccc(Cl)c(C(F)(F)F)c1)c1ccc(N2CCCCC2)nn1. The monoisotopic (exact) mass is 384 g/mol. The molecule has 3 rings (SSSR count). The molecule has 0 radical (unpaired) electrons. The summed E-state index contributed by atoms with van der Waals surface area (Å²) in [5.41, 5.74) is -1.01. The summed E-state index contributed by atoms with van der Waals surface area (Å²) in [5.74, 6) is 0.0465. The highest BCUT2D eigenvalue weighted by atomic mass is 35.5. The average Bonchev–Trinajstić information content (AvgIpc) is 2.63. The quantitative estimate of drug-likeness (QED) is 0.852. The molecule has 1 amide bonds. The van der Waals surface area contributed by atoms with Crippen LogP contribution in [0, 0.1) is 0 Å². The lowest BCUT2D eigenvalue weighted by atomic mass is 10.1. The molecular weight excluding hydrogens is 369 g/mol. The molecule has 1 N–H and O–H groups in total. The number of rotatable bonds is 3. The summed E-state index contributed by atoms with van der Waals surface area (Å²) in [6, 6.07) is 6.37. The molecule has 0 bridgehead atoms. The van der Waals surface area contributed by atoms with Crippen LogP contribution in [0.25, 0.3) is 0 Å². The molecule has 1 aromatic carbocycles. The molecule has 1 fully saturated rings. The number of aromatic nitrogens is 2. The molecule has 138 valence electrons. The molecule has 0 spiro atoms. The van der Waals surface area contributed by atoms with E-state index >= 15 is 0 Å². The van der Waals surface area contributed by atoms with Gasteiger partial charge < -0.3 is 10.2 Å². The van der Waals surface area contributed by atoms with Crippen molar-refractivity contribution in [2.24, 2.45) is 0 Å². The van der Waals surface area contributed by atoms with E-state index in [1.807, 2.05) is 0 Å². The fourth-order valence-corrected chi connectivity index (χ4v) is 2.98. The van der Waals surface area contributed by atoms with E-state index in [1.54, 1.807) is 6.07 Å². The van der Waals surface area contributed by atoms with Crippen molar-refractivity contribution in [3.05, 3.63) is 46.6 Å². The summed E-state index contributed by atoms with van der Waals surface area (Å²) in [6.45, 7) is 1.79. The maximum absolute atomic E-state index is 12.9. The van der Waals surface area contributed by atoms with E-state index in [0.29, 0.717) is 5.82 Å². The zero-order valence-corrected chi connectivity index (χ0v) is 14.4. The molecule has 0 unspecified atom stereocenters. The number of hydrogen-bond donors (Lipinski definition) is 1. The largest absolute Gasteiger partial charge is 0.417 e. The fourth-order valence-electron chi connectivity index (χ4n) is 2.75. The Kier molecular flexibility index (Phi) is 5.31. The smallest absolute Gasteiger partial charge is 0.355 e. The zero-order valence-electron chi connectivity index (χ0n) is 13.7.